The molecule has 21 heavy (non-hydrogen) atoms. The van der Waals surface area contributed by atoms with Crippen LogP contribution in [0, 0.1) is 12.8 Å². The largest absolute Gasteiger partial charge is 0.478 e. The number of piperidine rings is 1. The normalized spacial score (nSPS) is 23.6. The van der Waals surface area contributed by atoms with Crippen LogP contribution < -0.4 is 0 Å². The van der Waals surface area contributed by atoms with Gasteiger partial charge in [-0.05, 0) is 51.1 Å². The van der Waals surface area contributed by atoms with Crippen molar-refractivity contribution in [1.82, 2.24) is 14.5 Å². The molecule has 1 saturated heterocycles. The first kappa shape index (κ1) is 14.1. The number of carboxylic acids is 1. The lowest BCUT2D eigenvalue weighted by molar-refractivity contribution is 0.0697. The Hall–Kier alpha value is -1.88. The summed E-state index contributed by atoms with van der Waals surface area (Å²) >= 11 is 0. The first-order valence-electron chi connectivity index (χ1n) is 7.38. The number of aromatic nitrogens is 2. The molecule has 1 aliphatic heterocycles. The van der Waals surface area contributed by atoms with Crippen LogP contribution in [0.25, 0.3) is 11.0 Å². The number of hydrogen-bond acceptors (Lipinski definition) is 3. The second-order valence-corrected chi connectivity index (χ2v) is 6.13. The summed E-state index contributed by atoms with van der Waals surface area (Å²) in [6.07, 6.45) is 1.10. The van der Waals surface area contributed by atoms with Gasteiger partial charge in [0.15, 0.2) is 0 Å². The van der Waals surface area contributed by atoms with Gasteiger partial charge in [-0.1, -0.05) is 6.92 Å². The van der Waals surface area contributed by atoms with E-state index in [1.54, 1.807) is 12.1 Å². The summed E-state index contributed by atoms with van der Waals surface area (Å²) in [6, 6.07) is 5.66. The van der Waals surface area contributed by atoms with Crippen LogP contribution in [0.1, 0.15) is 35.6 Å². The van der Waals surface area contributed by atoms with Crippen molar-refractivity contribution in [3.8, 4) is 0 Å². The first-order valence-corrected chi connectivity index (χ1v) is 7.38. The second-order valence-electron chi connectivity index (χ2n) is 6.13. The number of benzene rings is 1. The lowest BCUT2D eigenvalue weighted by Gasteiger charge is -2.36. The summed E-state index contributed by atoms with van der Waals surface area (Å²) in [5, 5.41) is 9.10. The van der Waals surface area contributed by atoms with Crippen molar-refractivity contribution in [2.45, 2.75) is 26.3 Å². The van der Waals surface area contributed by atoms with Crippen molar-refractivity contribution >= 4 is 17.0 Å². The van der Waals surface area contributed by atoms with Crippen molar-refractivity contribution in [2.75, 3.05) is 20.1 Å². The van der Waals surface area contributed by atoms with Crippen molar-refractivity contribution < 1.29 is 9.90 Å². The number of aryl methyl sites for hydroxylation is 1. The van der Waals surface area contributed by atoms with E-state index < -0.39 is 5.97 Å². The molecule has 5 nitrogen and oxygen atoms in total. The van der Waals surface area contributed by atoms with E-state index in [-0.39, 0.29) is 0 Å². The zero-order valence-electron chi connectivity index (χ0n) is 12.7. The zero-order chi connectivity index (χ0) is 15.1. The van der Waals surface area contributed by atoms with E-state index in [9.17, 15) is 4.79 Å². The Morgan fingerprint density at radius 2 is 2.19 bits per heavy atom. The van der Waals surface area contributed by atoms with Crippen molar-refractivity contribution in [2.24, 2.45) is 5.92 Å². The van der Waals surface area contributed by atoms with Gasteiger partial charge in [-0.2, -0.15) is 0 Å². The number of fused-ring (bicyclic) bond motifs is 1. The topological polar surface area (TPSA) is 58.4 Å². The van der Waals surface area contributed by atoms with Crippen LogP contribution in [0.3, 0.4) is 0 Å². The van der Waals surface area contributed by atoms with Crippen LogP contribution in [-0.4, -0.2) is 45.7 Å². The number of nitrogens with zero attached hydrogens (tertiary/aromatic N) is 3. The number of imidazole rings is 1. The Morgan fingerprint density at radius 1 is 1.43 bits per heavy atom. The van der Waals surface area contributed by atoms with Gasteiger partial charge in [0.1, 0.15) is 5.82 Å². The van der Waals surface area contributed by atoms with Gasteiger partial charge in [0.05, 0.1) is 16.6 Å². The van der Waals surface area contributed by atoms with E-state index >= 15 is 0 Å². The van der Waals surface area contributed by atoms with E-state index in [0.717, 1.165) is 36.4 Å². The quantitative estimate of drug-likeness (QED) is 0.922. The lowest BCUT2D eigenvalue weighted by atomic mass is 9.93. The maximum atomic E-state index is 11.1. The minimum atomic E-state index is -0.906. The van der Waals surface area contributed by atoms with Crippen LogP contribution in [0.15, 0.2) is 18.2 Å². The molecule has 1 aromatic carbocycles. The highest BCUT2D eigenvalue weighted by Crippen LogP contribution is 2.32. The molecule has 2 unspecified atom stereocenters. The highest BCUT2D eigenvalue weighted by Gasteiger charge is 2.28. The average molecular weight is 287 g/mol. The minimum absolute atomic E-state index is 0.295. The first-order chi connectivity index (χ1) is 9.97. The van der Waals surface area contributed by atoms with Gasteiger partial charge in [0, 0.05) is 12.6 Å². The summed E-state index contributed by atoms with van der Waals surface area (Å²) in [7, 11) is 2.16. The number of carboxylic acid groups (broad SMARTS) is 1. The summed E-state index contributed by atoms with van der Waals surface area (Å²) < 4.78 is 2.29. The fourth-order valence-electron chi connectivity index (χ4n) is 3.50. The minimum Gasteiger partial charge on any atom is -0.478 e. The Bertz CT molecular complexity index is 692. The van der Waals surface area contributed by atoms with Crippen LogP contribution >= 0.6 is 0 Å². The van der Waals surface area contributed by atoms with Gasteiger partial charge in [-0.25, -0.2) is 9.78 Å². The van der Waals surface area contributed by atoms with Gasteiger partial charge >= 0.3 is 5.97 Å². The molecule has 0 saturated carbocycles. The molecular formula is C16H21N3O2. The Morgan fingerprint density at radius 3 is 2.86 bits per heavy atom. The molecule has 112 valence electrons. The molecule has 1 fully saturated rings. The van der Waals surface area contributed by atoms with E-state index in [0.29, 0.717) is 17.5 Å². The predicted octanol–water partition coefficient (Wildman–Crippen LogP) is 2.56. The van der Waals surface area contributed by atoms with Crippen molar-refractivity contribution in [1.29, 1.82) is 0 Å². The lowest BCUT2D eigenvalue weighted by Crippen LogP contribution is -2.38. The third-order valence-electron chi connectivity index (χ3n) is 4.51. The molecule has 1 aliphatic rings. The number of rotatable bonds is 2. The van der Waals surface area contributed by atoms with Crippen LogP contribution in [0.4, 0.5) is 0 Å². The van der Waals surface area contributed by atoms with Crippen LogP contribution in [-0.2, 0) is 0 Å². The Balaban J connectivity index is 2.06. The zero-order valence-corrected chi connectivity index (χ0v) is 12.7. The molecule has 0 bridgehead atoms. The fraction of sp³-hybridized carbons (Fsp3) is 0.500. The fourth-order valence-corrected chi connectivity index (χ4v) is 3.50. The molecule has 1 aromatic heterocycles. The molecular weight excluding hydrogens is 266 g/mol. The Kier molecular flexibility index (Phi) is 3.45. The van der Waals surface area contributed by atoms with Crippen molar-refractivity contribution in [3.05, 3.63) is 29.6 Å². The van der Waals surface area contributed by atoms with E-state index in [4.69, 9.17) is 5.11 Å². The summed E-state index contributed by atoms with van der Waals surface area (Å²) in [5.74, 6) is 0.615. The number of aromatic carboxylic acids is 1. The maximum Gasteiger partial charge on any atom is 0.335 e. The molecule has 2 atom stereocenters. The smallest absolute Gasteiger partial charge is 0.335 e. The van der Waals surface area contributed by atoms with E-state index in [1.807, 2.05) is 13.0 Å². The number of carbonyl (C=O) groups is 1. The predicted molar refractivity (Wildman–Crippen MR) is 81.7 cm³/mol. The summed E-state index contributed by atoms with van der Waals surface area (Å²) in [4.78, 5) is 18.0. The molecule has 3 rings (SSSR count). The average Bonchev–Trinajstić information content (AvgIpc) is 2.74. The molecule has 2 heterocycles. The van der Waals surface area contributed by atoms with Gasteiger partial charge in [0.25, 0.3) is 0 Å². The highest BCUT2D eigenvalue weighted by molar-refractivity contribution is 5.92. The molecule has 0 radical (unpaired) electrons. The second kappa shape index (κ2) is 5.15. The third-order valence-corrected chi connectivity index (χ3v) is 4.51. The van der Waals surface area contributed by atoms with E-state index in [1.165, 1.54) is 0 Å². The molecule has 2 aromatic rings. The van der Waals surface area contributed by atoms with Gasteiger partial charge in [-0.15, -0.1) is 0 Å². The SMILES string of the molecule is Cc1nc2cc(C(=O)O)ccc2n1C1CCN(C)CC1C. The molecule has 0 aliphatic carbocycles. The number of likely N-dealkylation sites (tertiary alicyclic amines) is 1. The molecule has 5 heteroatoms. The third kappa shape index (κ3) is 2.42. The van der Waals surface area contributed by atoms with Gasteiger partial charge < -0.3 is 14.6 Å². The molecule has 1 N–H and O–H groups in total. The summed E-state index contributed by atoms with van der Waals surface area (Å²) in [5.41, 5.74) is 2.11. The van der Waals surface area contributed by atoms with Crippen molar-refractivity contribution in [3.63, 3.8) is 0 Å². The maximum absolute atomic E-state index is 11.1. The molecule has 0 amide bonds. The van der Waals surface area contributed by atoms with Gasteiger partial charge in [-0.3, -0.25) is 0 Å². The van der Waals surface area contributed by atoms with Crippen LogP contribution in [0.2, 0.25) is 0 Å². The molecule has 0 spiro atoms. The Labute approximate surface area is 124 Å². The van der Waals surface area contributed by atoms with Crippen LogP contribution in [0.5, 0.6) is 0 Å². The number of hydrogen-bond donors (Lipinski definition) is 1. The highest BCUT2D eigenvalue weighted by atomic mass is 16.4. The summed E-state index contributed by atoms with van der Waals surface area (Å²) in [6.45, 7) is 6.45. The van der Waals surface area contributed by atoms with Gasteiger partial charge in [0.2, 0.25) is 0 Å². The van der Waals surface area contributed by atoms with E-state index in [2.05, 4.69) is 28.4 Å². The standard InChI is InChI=1S/C16H21N3O2/c1-10-9-18(3)7-6-14(10)19-11(2)17-13-8-12(16(20)21)4-5-15(13)19/h4-5,8,10,14H,6-7,9H2,1-3H3,(H,20,21). The monoisotopic (exact) mass is 287 g/mol.